The second-order valence-electron chi connectivity index (χ2n) is 4.26. The average molecular weight is 282 g/mol. The third-order valence-electron chi connectivity index (χ3n) is 2.84. The topological polar surface area (TPSA) is 92.7 Å². The number of hydrogen-bond acceptors (Lipinski definition) is 5. The SMILES string of the molecule is O=[N+]([O-])c1ccc(/C=N\NC(=S)NC2CCCC2)o1. The van der Waals surface area contributed by atoms with E-state index in [1.54, 1.807) is 0 Å². The molecule has 0 atom stereocenters. The highest BCUT2D eigenvalue weighted by Gasteiger charge is 2.15. The number of thiocarbonyl (C=S) groups is 1. The highest BCUT2D eigenvalue weighted by atomic mass is 32.1. The summed E-state index contributed by atoms with van der Waals surface area (Å²) in [5.41, 5.74) is 2.66. The van der Waals surface area contributed by atoms with Crippen LogP contribution < -0.4 is 10.7 Å². The molecule has 2 rings (SSSR count). The number of nitro groups is 1. The Morgan fingerprint density at radius 1 is 1.53 bits per heavy atom. The number of furan rings is 1. The Morgan fingerprint density at radius 3 is 2.89 bits per heavy atom. The van der Waals surface area contributed by atoms with Crippen molar-refractivity contribution in [1.29, 1.82) is 0 Å². The Balaban J connectivity index is 1.78. The van der Waals surface area contributed by atoms with E-state index in [9.17, 15) is 10.1 Å². The smallest absolute Gasteiger partial charge is 0.400 e. The van der Waals surface area contributed by atoms with Crippen molar-refractivity contribution in [2.45, 2.75) is 31.7 Å². The van der Waals surface area contributed by atoms with Crippen LogP contribution in [0.25, 0.3) is 0 Å². The molecule has 0 amide bonds. The van der Waals surface area contributed by atoms with Gasteiger partial charge in [-0.25, -0.2) is 0 Å². The maximum Gasteiger partial charge on any atom is 0.433 e. The van der Waals surface area contributed by atoms with Gasteiger partial charge >= 0.3 is 5.88 Å². The van der Waals surface area contributed by atoms with Crippen molar-refractivity contribution < 1.29 is 9.34 Å². The van der Waals surface area contributed by atoms with Crippen LogP contribution in [-0.4, -0.2) is 22.3 Å². The van der Waals surface area contributed by atoms with E-state index in [2.05, 4.69) is 15.8 Å². The molecule has 0 radical (unpaired) electrons. The van der Waals surface area contributed by atoms with Crippen molar-refractivity contribution >= 4 is 29.4 Å². The Bertz CT molecular complexity index is 494. The first-order valence-corrected chi connectivity index (χ1v) is 6.40. The summed E-state index contributed by atoms with van der Waals surface area (Å²) in [6, 6.07) is 3.16. The van der Waals surface area contributed by atoms with Gasteiger partial charge in [-0.05, 0) is 31.1 Å². The fourth-order valence-corrected chi connectivity index (χ4v) is 2.17. The highest BCUT2D eigenvalue weighted by Crippen LogP contribution is 2.17. The van der Waals surface area contributed by atoms with Crippen molar-refractivity contribution in [1.82, 2.24) is 10.7 Å². The lowest BCUT2D eigenvalue weighted by Crippen LogP contribution is -2.38. The molecular formula is C11H14N4O3S. The van der Waals surface area contributed by atoms with Gasteiger partial charge in [-0.1, -0.05) is 12.8 Å². The molecule has 1 aromatic heterocycles. The monoisotopic (exact) mass is 282 g/mol. The van der Waals surface area contributed by atoms with E-state index in [0.29, 0.717) is 16.9 Å². The van der Waals surface area contributed by atoms with E-state index in [1.807, 2.05) is 0 Å². The molecule has 0 spiro atoms. The second kappa shape index (κ2) is 6.28. The van der Waals surface area contributed by atoms with Gasteiger partial charge in [0.15, 0.2) is 10.9 Å². The summed E-state index contributed by atoms with van der Waals surface area (Å²) in [4.78, 5) is 9.81. The quantitative estimate of drug-likeness (QED) is 0.379. The molecule has 0 aromatic carbocycles. The van der Waals surface area contributed by atoms with Gasteiger partial charge in [0, 0.05) is 6.04 Å². The lowest BCUT2D eigenvalue weighted by molar-refractivity contribution is -0.402. The molecule has 102 valence electrons. The van der Waals surface area contributed by atoms with Gasteiger partial charge in [0.1, 0.15) is 4.92 Å². The highest BCUT2D eigenvalue weighted by molar-refractivity contribution is 7.80. The molecule has 19 heavy (non-hydrogen) atoms. The minimum Gasteiger partial charge on any atom is -0.400 e. The van der Waals surface area contributed by atoms with Gasteiger partial charge in [0.05, 0.1) is 12.3 Å². The lowest BCUT2D eigenvalue weighted by Gasteiger charge is -2.12. The molecule has 7 nitrogen and oxygen atoms in total. The number of hydrazone groups is 1. The molecule has 1 aromatic rings. The van der Waals surface area contributed by atoms with Gasteiger partial charge in [-0.15, -0.1) is 0 Å². The number of hydrogen-bond donors (Lipinski definition) is 2. The Morgan fingerprint density at radius 2 is 2.26 bits per heavy atom. The Labute approximate surface area is 115 Å². The van der Waals surface area contributed by atoms with Crippen LogP contribution in [0.5, 0.6) is 0 Å². The minimum absolute atomic E-state index is 0.294. The zero-order valence-corrected chi connectivity index (χ0v) is 11.0. The Kier molecular flexibility index (Phi) is 4.45. The zero-order chi connectivity index (χ0) is 13.7. The van der Waals surface area contributed by atoms with E-state index in [4.69, 9.17) is 16.6 Å². The number of nitrogens with one attached hydrogen (secondary N) is 2. The van der Waals surface area contributed by atoms with E-state index >= 15 is 0 Å². The third-order valence-corrected chi connectivity index (χ3v) is 3.05. The summed E-state index contributed by atoms with van der Waals surface area (Å²) in [5, 5.41) is 17.9. The van der Waals surface area contributed by atoms with Crippen molar-refractivity contribution in [2.24, 2.45) is 5.10 Å². The van der Waals surface area contributed by atoms with Crippen molar-refractivity contribution in [2.75, 3.05) is 0 Å². The maximum atomic E-state index is 10.4. The third kappa shape index (κ3) is 4.02. The second-order valence-corrected chi connectivity index (χ2v) is 4.67. The van der Waals surface area contributed by atoms with Gasteiger partial charge in [-0.3, -0.25) is 15.5 Å². The molecule has 0 bridgehead atoms. The largest absolute Gasteiger partial charge is 0.433 e. The van der Waals surface area contributed by atoms with Crippen LogP contribution in [0.4, 0.5) is 5.88 Å². The molecule has 1 aliphatic carbocycles. The molecule has 0 aliphatic heterocycles. The fraction of sp³-hybridized carbons (Fsp3) is 0.455. The number of rotatable bonds is 4. The first kappa shape index (κ1) is 13.5. The molecule has 2 N–H and O–H groups in total. The van der Waals surface area contributed by atoms with E-state index in [-0.39, 0.29) is 5.88 Å². The summed E-state index contributed by atoms with van der Waals surface area (Å²) >= 11 is 5.08. The van der Waals surface area contributed by atoms with E-state index in [1.165, 1.54) is 31.2 Å². The zero-order valence-electron chi connectivity index (χ0n) is 10.2. The van der Waals surface area contributed by atoms with Crippen LogP contribution in [0, 0.1) is 10.1 Å². The van der Waals surface area contributed by atoms with E-state index in [0.717, 1.165) is 12.8 Å². The molecule has 1 aliphatic rings. The molecule has 1 saturated carbocycles. The van der Waals surface area contributed by atoms with E-state index < -0.39 is 4.92 Å². The average Bonchev–Trinajstić information content (AvgIpc) is 3.00. The predicted octanol–water partition coefficient (Wildman–Crippen LogP) is 1.93. The van der Waals surface area contributed by atoms with Crippen molar-refractivity contribution in [3.05, 3.63) is 28.0 Å². The lowest BCUT2D eigenvalue weighted by atomic mass is 10.3. The molecule has 0 unspecified atom stereocenters. The minimum atomic E-state index is -0.600. The molecule has 0 saturated heterocycles. The predicted molar refractivity (Wildman–Crippen MR) is 74.1 cm³/mol. The fourth-order valence-electron chi connectivity index (χ4n) is 1.95. The van der Waals surface area contributed by atoms with Crippen LogP contribution in [0.15, 0.2) is 21.7 Å². The maximum absolute atomic E-state index is 10.4. The van der Waals surface area contributed by atoms with Crippen LogP contribution in [-0.2, 0) is 0 Å². The summed E-state index contributed by atoms with van der Waals surface area (Å²) in [6.07, 6.45) is 6.03. The molecule has 1 fully saturated rings. The first-order valence-electron chi connectivity index (χ1n) is 5.99. The van der Waals surface area contributed by atoms with Crippen molar-refractivity contribution in [3.8, 4) is 0 Å². The van der Waals surface area contributed by atoms with Crippen LogP contribution in [0.3, 0.4) is 0 Å². The summed E-state index contributed by atoms with van der Waals surface area (Å²) < 4.78 is 4.91. The van der Waals surface area contributed by atoms with Gasteiger partial charge in [-0.2, -0.15) is 5.10 Å². The molecule has 8 heteroatoms. The summed E-state index contributed by atoms with van der Waals surface area (Å²) in [7, 11) is 0. The van der Waals surface area contributed by atoms with Gasteiger partial charge in [0.2, 0.25) is 0 Å². The van der Waals surface area contributed by atoms with Crippen LogP contribution >= 0.6 is 12.2 Å². The standard InChI is InChI=1S/C11H14N4O3S/c16-15(17)10-6-5-9(18-10)7-12-14-11(19)13-8-3-1-2-4-8/h5-8H,1-4H2,(H2,13,14,19)/b12-7-. The van der Waals surface area contributed by atoms with Gasteiger partial charge < -0.3 is 9.73 Å². The normalized spacial score (nSPS) is 15.8. The number of nitrogens with zero attached hydrogens (tertiary/aromatic N) is 2. The van der Waals surface area contributed by atoms with Crippen LogP contribution in [0.1, 0.15) is 31.4 Å². The Hall–Kier alpha value is -1.96. The van der Waals surface area contributed by atoms with Crippen LogP contribution in [0.2, 0.25) is 0 Å². The van der Waals surface area contributed by atoms with Gasteiger partial charge in [0.25, 0.3) is 0 Å². The van der Waals surface area contributed by atoms with Crippen molar-refractivity contribution in [3.63, 3.8) is 0 Å². The molecular weight excluding hydrogens is 268 g/mol. The summed E-state index contributed by atoms with van der Waals surface area (Å²) in [6.45, 7) is 0. The first-order chi connectivity index (χ1) is 9.15. The molecule has 1 heterocycles. The summed E-state index contributed by atoms with van der Waals surface area (Å²) in [5.74, 6) is -0.0176.